The van der Waals surface area contributed by atoms with E-state index < -0.39 is 0 Å². The minimum absolute atomic E-state index is 0.191. The molecule has 5 nitrogen and oxygen atoms in total. The Morgan fingerprint density at radius 2 is 2.17 bits per heavy atom. The third-order valence-corrected chi connectivity index (χ3v) is 3.96. The van der Waals surface area contributed by atoms with Crippen LogP contribution in [-0.2, 0) is 4.79 Å². The van der Waals surface area contributed by atoms with E-state index in [2.05, 4.69) is 15.2 Å². The number of rotatable bonds is 3. The number of amides is 1. The van der Waals surface area contributed by atoms with Crippen molar-refractivity contribution < 1.29 is 4.79 Å². The van der Waals surface area contributed by atoms with Gasteiger partial charge in [-0.15, -0.1) is 0 Å². The number of nitrogens with zero attached hydrogens (tertiary/aromatic N) is 2. The van der Waals surface area contributed by atoms with Crippen LogP contribution in [-0.4, -0.2) is 42.9 Å². The van der Waals surface area contributed by atoms with Gasteiger partial charge in [-0.05, 0) is 38.0 Å². The van der Waals surface area contributed by atoms with Crippen molar-refractivity contribution in [2.24, 2.45) is 16.6 Å². The average Bonchev–Trinajstić information content (AvgIpc) is 2.27. The van der Waals surface area contributed by atoms with E-state index in [1.165, 1.54) is 19.3 Å². The number of likely N-dealkylation sites (tertiary alicyclic amines) is 1. The lowest BCUT2D eigenvalue weighted by Gasteiger charge is -2.37. The van der Waals surface area contributed by atoms with E-state index in [9.17, 15) is 4.79 Å². The number of carbonyl (C=O) groups excluding carboxylic acids is 1. The Morgan fingerprint density at radius 1 is 1.39 bits per heavy atom. The summed E-state index contributed by atoms with van der Waals surface area (Å²) in [6.07, 6.45) is 6.52. The largest absolute Gasteiger partial charge is 0.370 e. The number of nitrogens with one attached hydrogen (secondary N) is 1. The first-order valence-corrected chi connectivity index (χ1v) is 6.95. The highest BCUT2D eigenvalue weighted by atomic mass is 16.1. The van der Waals surface area contributed by atoms with Crippen molar-refractivity contribution in [2.45, 2.75) is 44.6 Å². The monoisotopic (exact) mass is 252 g/mol. The highest BCUT2D eigenvalue weighted by Gasteiger charge is 2.26. The standard InChI is InChI=1S/C13H24N4O/c1-15-13(16-11-5-2-6-11)17-7-3-4-10(9-17)8-12(14)18/h10-11H,2-9H2,1H3,(H2,14,18)(H,15,16). The van der Waals surface area contributed by atoms with Crippen molar-refractivity contribution in [1.82, 2.24) is 10.2 Å². The van der Waals surface area contributed by atoms with Crippen molar-refractivity contribution in [1.29, 1.82) is 0 Å². The van der Waals surface area contributed by atoms with Crippen LogP contribution in [0.3, 0.4) is 0 Å². The number of piperidine rings is 1. The Kier molecular flexibility index (Phi) is 4.44. The predicted octanol–water partition coefficient (Wildman–Crippen LogP) is 0.702. The molecule has 2 aliphatic rings. The summed E-state index contributed by atoms with van der Waals surface area (Å²) in [5.74, 6) is 1.19. The van der Waals surface area contributed by atoms with Gasteiger partial charge in [0.2, 0.25) is 5.91 Å². The van der Waals surface area contributed by atoms with Crippen LogP contribution in [0.25, 0.3) is 0 Å². The van der Waals surface area contributed by atoms with Crippen molar-refractivity contribution >= 4 is 11.9 Å². The van der Waals surface area contributed by atoms with Gasteiger partial charge in [0.05, 0.1) is 0 Å². The molecule has 1 unspecified atom stereocenters. The van der Waals surface area contributed by atoms with E-state index in [4.69, 9.17) is 5.73 Å². The molecule has 0 aromatic heterocycles. The van der Waals surface area contributed by atoms with Gasteiger partial charge in [-0.3, -0.25) is 9.79 Å². The fourth-order valence-corrected chi connectivity index (χ4v) is 2.74. The van der Waals surface area contributed by atoms with Crippen molar-refractivity contribution in [2.75, 3.05) is 20.1 Å². The summed E-state index contributed by atoms with van der Waals surface area (Å²) in [6.45, 7) is 1.93. The van der Waals surface area contributed by atoms with E-state index in [0.717, 1.165) is 31.9 Å². The van der Waals surface area contributed by atoms with Gasteiger partial charge in [0.1, 0.15) is 0 Å². The van der Waals surface area contributed by atoms with Gasteiger partial charge in [0.25, 0.3) is 0 Å². The molecule has 0 radical (unpaired) electrons. The highest BCUT2D eigenvalue weighted by Crippen LogP contribution is 2.21. The number of nitrogens with two attached hydrogens (primary N) is 1. The summed E-state index contributed by atoms with van der Waals surface area (Å²) in [6, 6.07) is 0.597. The van der Waals surface area contributed by atoms with Crippen molar-refractivity contribution in [3.8, 4) is 0 Å². The number of hydrogen-bond acceptors (Lipinski definition) is 2. The van der Waals surface area contributed by atoms with Crippen LogP contribution in [0.1, 0.15) is 38.5 Å². The molecule has 102 valence electrons. The van der Waals surface area contributed by atoms with Gasteiger partial charge in [0.15, 0.2) is 5.96 Å². The molecule has 2 rings (SSSR count). The molecule has 18 heavy (non-hydrogen) atoms. The first-order valence-electron chi connectivity index (χ1n) is 6.95. The molecule has 5 heteroatoms. The minimum atomic E-state index is -0.191. The molecule has 0 aromatic carbocycles. The molecule has 0 spiro atoms. The summed E-state index contributed by atoms with van der Waals surface area (Å²) in [4.78, 5) is 17.6. The maximum absolute atomic E-state index is 11.0. The summed E-state index contributed by atoms with van der Waals surface area (Å²) < 4.78 is 0. The summed E-state index contributed by atoms with van der Waals surface area (Å²) in [7, 11) is 1.83. The SMILES string of the molecule is CN=C(NC1CCC1)N1CCCC(CC(N)=O)C1. The number of guanidine groups is 1. The quantitative estimate of drug-likeness (QED) is 0.574. The van der Waals surface area contributed by atoms with Gasteiger partial charge >= 0.3 is 0 Å². The molecule has 1 aliphatic carbocycles. The Balaban J connectivity index is 1.87. The smallest absolute Gasteiger partial charge is 0.217 e. The molecule has 0 bridgehead atoms. The van der Waals surface area contributed by atoms with E-state index in [1.807, 2.05) is 7.05 Å². The first-order chi connectivity index (χ1) is 8.69. The van der Waals surface area contributed by atoms with Crippen molar-refractivity contribution in [3.63, 3.8) is 0 Å². The van der Waals surface area contributed by atoms with Gasteiger partial charge < -0.3 is 16.0 Å². The molecule has 1 saturated heterocycles. The van der Waals surface area contributed by atoms with Crippen LogP contribution >= 0.6 is 0 Å². The fraction of sp³-hybridized carbons (Fsp3) is 0.846. The molecule has 1 aliphatic heterocycles. The molecule has 3 N–H and O–H groups in total. The van der Waals surface area contributed by atoms with Gasteiger partial charge in [-0.1, -0.05) is 0 Å². The molecule has 0 aromatic rings. The van der Waals surface area contributed by atoms with Crippen LogP contribution in [0, 0.1) is 5.92 Å². The van der Waals surface area contributed by atoms with Gasteiger partial charge in [-0.2, -0.15) is 0 Å². The molecule has 1 heterocycles. The topological polar surface area (TPSA) is 70.7 Å². The molecular weight excluding hydrogens is 228 g/mol. The minimum Gasteiger partial charge on any atom is -0.370 e. The zero-order valence-electron chi connectivity index (χ0n) is 11.2. The maximum atomic E-state index is 11.0. The number of aliphatic imine (C=N–C) groups is 1. The Morgan fingerprint density at radius 3 is 2.72 bits per heavy atom. The van der Waals surface area contributed by atoms with Crippen LogP contribution in [0.2, 0.25) is 0 Å². The fourth-order valence-electron chi connectivity index (χ4n) is 2.74. The average molecular weight is 252 g/mol. The lowest BCUT2D eigenvalue weighted by molar-refractivity contribution is -0.119. The lowest BCUT2D eigenvalue weighted by atomic mass is 9.93. The molecule has 1 atom stereocenters. The van der Waals surface area contributed by atoms with E-state index in [1.54, 1.807) is 0 Å². The number of carbonyl (C=O) groups is 1. The number of hydrogen-bond donors (Lipinski definition) is 2. The maximum Gasteiger partial charge on any atom is 0.217 e. The number of primary amides is 1. The van der Waals surface area contributed by atoms with E-state index in [0.29, 0.717) is 18.4 Å². The summed E-state index contributed by atoms with van der Waals surface area (Å²) in [5, 5.41) is 3.51. The second-order valence-electron chi connectivity index (χ2n) is 5.44. The first kappa shape index (κ1) is 13.2. The molecule has 2 fully saturated rings. The van der Waals surface area contributed by atoms with Crippen LogP contribution in [0.15, 0.2) is 4.99 Å². The van der Waals surface area contributed by atoms with Gasteiger partial charge in [0, 0.05) is 32.6 Å². The third-order valence-electron chi connectivity index (χ3n) is 3.96. The third kappa shape index (κ3) is 3.37. The lowest BCUT2D eigenvalue weighted by Crippen LogP contribution is -2.51. The second-order valence-corrected chi connectivity index (χ2v) is 5.44. The summed E-state index contributed by atoms with van der Waals surface area (Å²) in [5.41, 5.74) is 5.29. The van der Waals surface area contributed by atoms with Crippen LogP contribution < -0.4 is 11.1 Å². The van der Waals surface area contributed by atoms with Gasteiger partial charge in [-0.25, -0.2) is 0 Å². The molecule has 1 saturated carbocycles. The van der Waals surface area contributed by atoms with Crippen LogP contribution in [0.4, 0.5) is 0 Å². The van der Waals surface area contributed by atoms with E-state index in [-0.39, 0.29) is 5.91 Å². The van der Waals surface area contributed by atoms with E-state index >= 15 is 0 Å². The Labute approximate surface area is 109 Å². The zero-order chi connectivity index (χ0) is 13.0. The molecule has 1 amide bonds. The zero-order valence-corrected chi connectivity index (χ0v) is 11.2. The Hall–Kier alpha value is -1.26. The van der Waals surface area contributed by atoms with Crippen LogP contribution in [0.5, 0.6) is 0 Å². The predicted molar refractivity (Wildman–Crippen MR) is 72.2 cm³/mol. The Bertz CT molecular complexity index is 325. The normalized spacial score (nSPS) is 25.7. The molecular formula is C13H24N4O. The highest BCUT2D eigenvalue weighted by molar-refractivity contribution is 5.80. The summed E-state index contributed by atoms with van der Waals surface area (Å²) >= 11 is 0. The van der Waals surface area contributed by atoms with Crippen molar-refractivity contribution in [3.05, 3.63) is 0 Å². The second kappa shape index (κ2) is 6.07.